The Labute approximate surface area is 116 Å². The van der Waals surface area contributed by atoms with Gasteiger partial charge in [-0.2, -0.15) is 11.8 Å². The number of thioether (sulfide) groups is 1. The summed E-state index contributed by atoms with van der Waals surface area (Å²) in [5.74, 6) is 0.374. The minimum atomic E-state index is -0.785. The first-order valence-electron chi connectivity index (χ1n) is 6.58. The van der Waals surface area contributed by atoms with Crippen LogP contribution in [0.5, 0.6) is 0 Å². The van der Waals surface area contributed by atoms with Crippen LogP contribution in [-0.2, 0) is 11.2 Å². The molecule has 1 fully saturated rings. The van der Waals surface area contributed by atoms with Gasteiger partial charge in [-0.1, -0.05) is 19.1 Å². The number of benzene rings is 1. The molecule has 2 unspecified atom stereocenters. The van der Waals surface area contributed by atoms with Gasteiger partial charge in [0.1, 0.15) is 0 Å². The van der Waals surface area contributed by atoms with Crippen molar-refractivity contribution in [3.8, 4) is 0 Å². The minimum absolute atomic E-state index is 0.0223. The number of rotatable bonds is 5. The number of hydrogen-bond acceptors (Lipinski definition) is 3. The lowest BCUT2D eigenvalue weighted by Crippen LogP contribution is -2.46. The Hall–Kier alpha value is -0.650. The van der Waals surface area contributed by atoms with Crippen molar-refractivity contribution in [1.29, 1.82) is 0 Å². The van der Waals surface area contributed by atoms with Crippen molar-refractivity contribution < 1.29 is 13.5 Å². The van der Waals surface area contributed by atoms with Gasteiger partial charge in [0.15, 0.2) is 11.6 Å². The first-order chi connectivity index (χ1) is 9.22. The Balaban J connectivity index is 2.08. The van der Waals surface area contributed by atoms with E-state index in [1.807, 2.05) is 18.7 Å². The quantitative estimate of drug-likeness (QED) is 0.899. The van der Waals surface area contributed by atoms with E-state index >= 15 is 0 Å². The van der Waals surface area contributed by atoms with Gasteiger partial charge in [-0.05, 0) is 24.6 Å². The number of likely N-dealkylation sites (N-methyl/N-ethyl adjacent to an activating group) is 1. The highest BCUT2D eigenvalue weighted by Crippen LogP contribution is 2.20. The molecule has 1 heterocycles. The Bertz CT molecular complexity index is 410. The van der Waals surface area contributed by atoms with Crippen LogP contribution in [0.15, 0.2) is 18.2 Å². The van der Waals surface area contributed by atoms with Crippen molar-refractivity contribution in [3.63, 3.8) is 0 Å². The summed E-state index contributed by atoms with van der Waals surface area (Å²) in [6.07, 6.45) is 0.504. The lowest BCUT2D eigenvalue weighted by molar-refractivity contribution is 0.0473. The number of halogens is 2. The lowest BCUT2D eigenvalue weighted by Gasteiger charge is -2.31. The van der Waals surface area contributed by atoms with E-state index in [-0.39, 0.29) is 12.1 Å². The van der Waals surface area contributed by atoms with Crippen molar-refractivity contribution in [3.05, 3.63) is 35.4 Å². The highest BCUT2D eigenvalue weighted by Gasteiger charge is 2.25. The highest BCUT2D eigenvalue weighted by atomic mass is 32.2. The molecule has 2 rings (SSSR count). The average Bonchev–Trinajstić information content (AvgIpc) is 2.44. The molecule has 0 bridgehead atoms. The summed E-state index contributed by atoms with van der Waals surface area (Å²) in [5, 5.41) is 3.32. The topological polar surface area (TPSA) is 21.3 Å². The highest BCUT2D eigenvalue weighted by molar-refractivity contribution is 7.99. The molecule has 106 valence electrons. The molecule has 1 aliphatic rings. The Morgan fingerprint density at radius 3 is 3.00 bits per heavy atom. The maximum atomic E-state index is 13.7. The second-order valence-electron chi connectivity index (χ2n) is 4.57. The van der Waals surface area contributed by atoms with E-state index < -0.39 is 11.6 Å². The maximum absolute atomic E-state index is 13.7. The van der Waals surface area contributed by atoms with E-state index in [2.05, 4.69) is 5.32 Å². The van der Waals surface area contributed by atoms with Crippen molar-refractivity contribution >= 4 is 11.8 Å². The normalized spacial score (nSPS) is 21.3. The van der Waals surface area contributed by atoms with Gasteiger partial charge in [0.2, 0.25) is 0 Å². The van der Waals surface area contributed by atoms with Gasteiger partial charge in [-0.25, -0.2) is 8.78 Å². The molecule has 0 aromatic heterocycles. The molecule has 0 amide bonds. The first kappa shape index (κ1) is 14.8. The molecule has 2 atom stereocenters. The molecule has 1 N–H and O–H groups in total. The zero-order valence-electron chi connectivity index (χ0n) is 11.0. The number of hydrogen-bond donors (Lipinski definition) is 1. The zero-order chi connectivity index (χ0) is 13.7. The predicted molar refractivity (Wildman–Crippen MR) is 74.6 cm³/mol. The predicted octanol–water partition coefficient (Wildman–Crippen LogP) is 2.62. The molecule has 1 aromatic rings. The third-order valence-corrected chi connectivity index (χ3v) is 4.25. The zero-order valence-corrected chi connectivity index (χ0v) is 11.8. The standard InChI is InChI=1S/C14H19F2NOS/c1-2-17-12(13-9-19-7-6-18-13)8-10-4-3-5-11(15)14(10)16/h3-5,12-13,17H,2,6-9H2,1H3. The smallest absolute Gasteiger partial charge is 0.162 e. The summed E-state index contributed by atoms with van der Waals surface area (Å²) in [6, 6.07) is 4.36. The molecule has 0 saturated carbocycles. The molecule has 0 radical (unpaired) electrons. The third kappa shape index (κ3) is 3.91. The van der Waals surface area contributed by atoms with Crippen LogP contribution in [0.4, 0.5) is 8.78 Å². The summed E-state index contributed by atoms with van der Waals surface area (Å²) >= 11 is 1.84. The molecule has 0 spiro atoms. The Morgan fingerprint density at radius 1 is 1.47 bits per heavy atom. The van der Waals surface area contributed by atoms with Gasteiger partial charge in [-0.3, -0.25) is 0 Å². The largest absolute Gasteiger partial charge is 0.375 e. The molecule has 1 saturated heterocycles. The van der Waals surface area contributed by atoms with Crippen molar-refractivity contribution in [2.75, 3.05) is 24.7 Å². The lowest BCUT2D eigenvalue weighted by atomic mass is 10.0. The molecule has 1 aliphatic heterocycles. The fraction of sp³-hybridized carbons (Fsp3) is 0.571. The van der Waals surface area contributed by atoms with Crippen LogP contribution < -0.4 is 5.32 Å². The summed E-state index contributed by atoms with van der Waals surface area (Å²) in [5.41, 5.74) is 0.408. The molecular formula is C14H19F2NOS. The van der Waals surface area contributed by atoms with E-state index in [0.717, 1.165) is 30.7 Å². The van der Waals surface area contributed by atoms with E-state index in [0.29, 0.717) is 12.0 Å². The van der Waals surface area contributed by atoms with Gasteiger partial charge < -0.3 is 10.1 Å². The molecule has 2 nitrogen and oxygen atoms in total. The molecular weight excluding hydrogens is 268 g/mol. The second kappa shape index (κ2) is 7.22. The van der Waals surface area contributed by atoms with Gasteiger partial charge in [0.05, 0.1) is 12.7 Å². The van der Waals surface area contributed by atoms with E-state index in [1.54, 1.807) is 12.1 Å². The second-order valence-corrected chi connectivity index (χ2v) is 5.72. The van der Waals surface area contributed by atoms with Gasteiger partial charge in [-0.15, -0.1) is 0 Å². The molecule has 0 aliphatic carbocycles. The fourth-order valence-electron chi connectivity index (χ4n) is 2.28. The third-order valence-electron chi connectivity index (χ3n) is 3.23. The first-order valence-corrected chi connectivity index (χ1v) is 7.73. The summed E-state index contributed by atoms with van der Waals surface area (Å²) < 4.78 is 32.7. The summed E-state index contributed by atoms with van der Waals surface area (Å²) in [6.45, 7) is 3.51. The van der Waals surface area contributed by atoms with Gasteiger partial charge in [0.25, 0.3) is 0 Å². The maximum Gasteiger partial charge on any atom is 0.162 e. The fourth-order valence-corrected chi connectivity index (χ4v) is 3.22. The van der Waals surface area contributed by atoms with Crippen LogP contribution in [0.2, 0.25) is 0 Å². The summed E-state index contributed by atoms with van der Waals surface area (Å²) in [7, 11) is 0. The van der Waals surface area contributed by atoms with Gasteiger partial charge in [0, 0.05) is 17.5 Å². The van der Waals surface area contributed by atoms with Gasteiger partial charge >= 0.3 is 0 Å². The molecule has 5 heteroatoms. The minimum Gasteiger partial charge on any atom is -0.375 e. The molecule has 1 aromatic carbocycles. The van der Waals surface area contributed by atoms with Crippen molar-refractivity contribution in [2.45, 2.75) is 25.5 Å². The Morgan fingerprint density at radius 2 is 2.32 bits per heavy atom. The van der Waals surface area contributed by atoms with Crippen LogP contribution in [0.25, 0.3) is 0 Å². The SMILES string of the molecule is CCNC(Cc1cccc(F)c1F)C1CSCCO1. The molecule has 19 heavy (non-hydrogen) atoms. The van der Waals surface area contributed by atoms with Crippen LogP contribution in [0.1, 0.15) is 12.5 Å². The Kier molecular flexibility index (Phi) is 5.60. The van der Waals surface area contributed by atoms with E-state index in [4.69, 9.17) is 4.74 Å². The van der Waals surface area contributed by atoms with Crippen LogP contribution in [-0.4, -0.2) is 36.8 Å². The average molecular weight is 287 g/mol. The van der Waals surface area contributed by atoms with Crippen LogP contribution in [0.3, 0.4) is 0 Å². The van der Waals surface area contributed by atoms with Crippen molar-refractivity contribution in [2.24, 2.45) is 0 Å². The number of ether oxygens (including phenoxy) is 1. The van der Waals surface area contributed by atoms with Crippen LogP contribution in [0, 0.1) is 11.6 Å². The van der Waals surface area contributed by atoms with E-state index in [9.17, 15) is 8.78 Å². The van der Waals surface area contributed by atoms with E-state index in [1.165, 1.54) is 0 Å². The van der Waals surface area contributed by atoms with Crippen molar-refractivity contribution in [1.82, 2.24) is 5.32 Å². The monoisotopic (exact) mass is 287 g/mol. The summed E-state index contributed by atoms with van der Waals surface area (Å²) in [4.78, 5) is 0. The number of nitrogens with one attached hydrogen (secondary N) is 1. The van der Waals surface area contributed by atoms with Crippen LogP contribution >= 0.6 is 11.8 Å².